The molecule has 0 atom stereocenters. The highest BCUT2D eigenvalue weighted by Crippen LogP contribution is 2.40. The summed E-state index contributed by atoms with van der Waals surface area (Å²) in [6, 6.07) is 10.9. The predicted molar refractivity (Wildman–Crippen MR) is 105 cm³/mol. The average molecular weight is 344 g/mol. The topological polar surface area (TPSA) is 48.6 Å². The van der Waals surface area contributed by atoms with Crippen molar-refractivity contribution in [3.05, 3.63) is 58.9 Å². The summed E-state index contributed by atoms with van der Waals surface area (Å²) in [7, 11) is 0. The van der Waals surface area contributed by atoms with Gasteiger partial charge in [-0.15, -0.1) is 0 Å². The lowest BCUT2D eigenvalue weighted by atomic mass is 9.94. The number of aromatic nitrogens is 2. The molecule has 0 aliphatic heterocycles. The van der Waals surface area contributed by atoms with Gasteiger partial charge in [0.05, 0.1) is 11.0 Å². The van der Waals surface area contributed by atoms with Gasteiger partial charge >= 0.3 is 0 Å². The molecule has 0 aliphatic carbocycles. The molecule has 0 spiro atoms. The lowest BCUT2D eigenvalue weighted by Gasteiger charge is -2.08. The maximum Gasteiger partial charge on any atom is 0.160 e. The van der Waals surface area contributed by atoms with Crippen molar-refractivity contribution in [3.63, 3.8) is 0 Å². The molecule has 0 saturated heterocycles. The fourth-order valence-electron chi connectivity index (χ4n) is 4.25. The number of aryl methyl sites for hydroxylation is 2. The fraction of sp³-hybridized carbons (Fsp3) is 0.136. The number of nitrogens with one attached hydrogen (secondary N) is 2. The molecule has 3 aromatic carbocycles. The van der Waals surface area contributed by atoms with Gasteiger partial charge in [-0.2, -0.15) is 0 Å². The molecule has 5 rings (SSSR count). The molecule has 5 aromatic rings. The van der Waals surface area contributed by atoms with Gasteiger partial charge in [-0.25, -0.2) is 4.39 Å². The molecule has 2 aromatic heterocycles. The molecule has 2 N–H and O–H groups in total. The minimum absolute atomic E-state index is 0.0163. The zero-order valence-corrected chi connectivity index (χ0v) is 14.8. The number of hydrogen-bond acceptors (Lipinski definition) is 1. The SMILES string of the molecule is CC(=O)c1c(C)c2c3cc(F)ccc3[nH]c2c2[nH]c3ccc(C)cc3c12. The van der Waals surface area contributed by atoms with Gasteiger partial charge in [0.15, 0.2) is 5.78 Å². The van der Waals surface area contributed by atoms with Gasteiger partial charge in [-0.3, -0.25) is 4.79 Å². The van der Waals surface area contributed by atoms with E-state index >= 15 is 0 Å². The van der Waals surface area contributed by atoms with Gasteiger partial charge in [-0.05, 0) is 56.7 Å². The van der Waals surface area contributed by atoms with Gasteiger partial charge < -0.3 is 9.97 Å². The number of ketones is 1. The van der Waals surface area contributed by atoms with Crippen molar-refractivity contribution in [2.24, 2.45) is 0 Å². The summed E-state index contributed by atoms with van der Waals surface area (Å²) in [6.45, 7) is 5.59. The number of benzene rings is 3. The van der Waals surface area contributed by atoms with Crippen LogP contribution in [0.2, 0.25) is 0 Å². The quantitative estimate of drug-likeness (QED) is 0.365. The maximum atomic E-state index is 13.9. The van der Waals surface area contributed by atoms with Gasteiger partial charge in [-0.1, -0.05) is 11.6 Å². The minimum atomic E-state index is -0.283. The number of fused-ring (bicyclic) bond motifs is 7. The Morgan fingerprint density at radius 2 is 1.50 bits per heavy atom. The molecule has 0 bridgehead atoms. The summed E-state index contributed by atoms with van der Waals surface area (Å²) in [5, 5.41) is 3.69. The molecule has 0 radical (unpaired) electrons. The third-order valence-corrected chi connectivity index (χ3v) is 5.32. The molecule has 0 saturated carbocycles. The van der Waals surface area contributed by atoms with E-state index in [9.17, 15) is 9.18 Å². The molecule has 128 valence electrons. The molecule has 0 unspecified atom stereocenters. The van der Waals surface area contributed by atoms with Crippen LogP contribution < -0.4 is 0 Å². The van der Waals surface area contributed by atoms with Crippen LogP contribution in [0.5, 0.6) is 0 Å². The Bertz CT molecular complexity index is 1390. The molecule has 0 fully saturated rings. The Hall–Kier alpha value is -3.14. The maximum absolute atomic E-state index is 13.9. The highest BCUT2D eigenvalue weighted by Gasteiger charge is 2.21. The number of halogens is 1. The van der Waals surface area contributed by atoms with Crippen molar-refractivity contribution in [2.45, 2.75) is 20.8 Å². The average Bonchev–Trinajstić information content (AvgIpc) is 3.13. The van der Waals surface area contributed by atoms with E-state index in [1.54, 1.807) is 13.0 Å². The first-order valence-electron chi connectivity index (χ1n) is 8.62. The number of carbonyl (C=O) groups is 1. The van der Waals surface area contributed by atoms with E-state index in [0.717, 1.165) is 54.7 Å². The number of aromatic amines is 2. The molecular formula is C22H17FN2O. The van der Waals surface area contributed by atoms with Crippen LogP contribution in [-0.2, 0) is 0 Å². The number of Topliss-reactive ketones (excluding diaryl/α,β-unsaturated/α-hetero) is 1. The van der Waals surface area contributed by atoms with E-state index in [2.05, 4.69) is 22.1 Å². The third-order valence-electron chi connectivity index (χ3n) is 5.32. The van der Waals surface area contributed by atoms with Crippen LogP contribution in [0.4, 0.5) is 4.39 Å². The standard InChI is InChI=1S/C22H17FN2O/c1-10-4-6-16-14(8-10)20-18(12(3)26)11(2)19-15-9-13(23)5-7-17(15)24-21(19)22(20)25-16/h4-9,24-25H,1-3H3. The number of carbonyl (C=O) groups excluding carboxylic acids is 1. The van der Waals surface area contributed by atoms with Gasteiger partial charge in [0.2, 0.25) is 0 Å². The largest absolute Gasteiger partial charge is 0.353 e. The summed E-state index contributed by atoms with van der Waals surface area (Å²) >= 11 is 0. The summed E-state index contributed by atoms with van der Waals surface area (Å²) in [5.41, 5.74) is 6.40. The number of hydrogen-bond donors (Lipinski definition) is 2. The highest BCUT2D eigenvalue weighted by molar-refractivity contribution is 6.29. The Morgan fingerprint density at radius 1 is 0.885 bits per heavy atom. The Kier molecular flexibility index (Phi) is 2.88. The van der Waals surface area contributed by atoms with Gasteiger partial charge in [0.1, 0.15) is 5.82 Å². The first kappa shape index (κ1) is 15.1. The summed E-state index contributed by atoms with van der Waals surface area (Å²) in [6.07, 6.45) is 0. The monoisotopic (exact) mass is 344 g/mol. The second-order valence-electron chi connectivity index (χ2n) is 7.05. The van der Waals surface area contributed by atoms with Crippen LogP contribution in [0.1, 0.15) is 28.4 Å². The van der Waals surface area contributed by atoms with Crippen molar-refractivity contribution >= 4 is 49.4 Å². The van der Waals surface area contributed by atoms with Crippen molar-refractivity contribution in [2.75, 3.05) is 0 Å². The lowest BCUT2D eigenvalue weighted by Crippen LogP contribution is -1.98. The van der Waals surface area contributed by atoms with Crippen LogP contribution in [0.15, 0.2) is 36.4 Å². The Balaban J connectivity index is 2.15. The van der Waals surface area contributed by atoms with Crippen molar-refractivity contribution < 1.29 is 9.18 Å². The van der Waals surface area contributed by atoms with Crippen LogP contribution in [0.3, 0.4) is 0 Å². The smallest absolute Gasteiger partial charge is 0.160 e. The van der Waals surface area contributed by atoms with Crippen LogP contribution in [0.25, 0.3) is 43.6 Å². The highest BCUT2D eigenvalue weighted by atomic mass is 19.1. The second-order valence-corrected chi connectivity index (χ2v) is 7.05. The minimum Gasteiger partial charge on any atom is -0.353 e. The van der Waals surface area contributed by atoms with E-state index in [1.165, 1.54) is 12.1 Å². The molecule has 4 heteroatoms. The first-order valence-corrected chi connectivity index (χ1v) is 8.62. The van der Waals surface area contributed by atoms with Crippen LogP contribution in [-0.4, -0.2) is 15.8 Å². The molecule has 0 aliphatic rings. The summed E-state index contributed by atoms with van der Waals surface area (Å²) in [5.74, 6) is -0.267. The van der Waals surface area contributed by atoms with Crippen LogP contribution in [0, 0.1) is 19.7 Å². The van der Waals surface area contributed by atoms with Crippen LogP contribution >= 0.6 is 0 Å². The molecule has 26 heavy (non-hydrogen) atoms. The van der Waals surface area contributed by atoms with E-state index in [4.69, 9.17) is 0 Å². The lowest BCUT2D eigenvalue weighted by molar-refractivity contribution is 0.101. The summed E-state index contributed by atoms with van der Waals surface area (Å²) < 4.78 is 13.9. The van der Waals surface area contributed by atoms with E-state index in [0.29, 0.717) is 5.56 Å². The van der Waals surface area contributed by atoms with E-state index < -0.39 is 0 Å². The Labute approximate surface area is 148 Å². The summed E-state index contributed by atoms with van der Waals surface area (Å²) in [4.78, 5) is 19.5. The fourth-order valence-corrected chi connectivity index (χ4v) is 4.25. The molecule has 3 nitrogen and oxygen atoms in total. The zero-order valence-electron chi connectivity index (χ0n) is 14.8. The third kappa shape index (κ3) is 1.84. The van der Waals surface area contributed by atoms with Crippen molar-refractivity contribution in [1.29, 1.82) is 0 Å². The Morgan fingerprint density at radius 3 is 2.19 bits per heavy atom. The predicted octanol–water partition coefficient (Wildman–Crippen LogP) is 5.91. The van der Waals surface area contributed by atoms with E-state index in [1.807, 2.05) is 19.9 Å². The van der Waals surface area contributed by atoms with E-state index in [-0.39, 0.29) is 11.6 Å². The molecular weight excluding hydrogens is 327 g/mol. The number of H-pyrrole nitrogens is 2. The molecule has 0 amide bonds. The van der Waals surface area contributed by atoms with Gasteiger partial charge in [0, 0.05) is 38.1 Å². The van der Waals surface area contributed by atoms with Crippen molar-refractivity contribution in [3.8, 4) is 0 Å². The second kappa shape index (κ2) is 4.94. The van der Waals surface area contributed by atoms with Crippen molar-refractivity contribution in [1.82, 2.24) is 9.97 Å². The number of rotatable bonds is 1. The van der Waals surface area contributed by atoms with Gasteiger partial charge in [0.25, 0.3) is 0 Å². The normalized spacial score (nSPS) is 12.0. The molecule has 2 heterocycles. The zero-order chi connectivity index (χ0) is 18.2. The first-order chi connectivity index (χ1) is 12.5.